The number of carbonyl (C=O) groups is 3. The summed E-state index contributed by atoms with van der Waals surface area (Å²) in [6.45, 7) is -0.0837. The summed E-state index contributed by atoms with van der Waals surface area (Å²) in [5.41, 5.74) is 1.35. The second-order valence-corrected chi connectivity index (χ2v) is 7.72. The fraction of sp³-hybridized carbons (Fsp3) is 0.217. The molecule has 0 spiro atoms. The average molecular weight is 464 g/mol. The van der Waals surface area contributed by atoms with Crippen LogP contribution in [0, 0.1) is 5.82 Å². The molecule has 0 radical (unpaired) electrons. The van der Waals surface area contributed by atoms with E-state index in [-0.39, 0.29) is 32.3 Å². The molecule has 172 valence electrons. The summed E-state index contributed by atoms with van der Waals surface area (Å²) >= 11 is 0. The average Bonchev–Trinajstić information content (AvgIpc) is 3.32. The van der Waals surface area contributed by atoms with Crippen molar-refractivity contribution in [2.24, 2.45) is 9.98 Å². The molecule has 1 N–H and O–H groups in total. The lowest BCUT2D eigenvalue weighted by Crippen LogP contribution is -2.58. The van der Waals surface area contributed by atoms with Crippen molar-refractivity contribution in [1.82, 2.24) is 10.2 Å². The normalized spacial score (nSPS) is 18.4. The van der Waals surface area contributed by atoms with Crippen molar-refractivity contribution < 1.29 is 32.8 Å². The molecule has 2 aromatic rings. The van der Waals surface area contributed by atoms with Gasteiger partial charge in [-0.25, -0.2) is 9.18 Å². The van der Waals surface area contributed by atoms with E-state index in [1.807, 2.05) is 0 Å². The van der Waals surface area contributed by atoms with Gasteiger partial charge in [-0.1, -0.05) is 18.2 Å². The Labute approximate surface area is 193 Å². The van der Waals surface area contributed by atoms with Crippen LogP contribution in [0.3, 0.4) is 0 Å². The van der Waals surface area contributed by atoms with Crippen LogP contribution < -0.4 is 14.8 Å². The first-order chi connectivity index (χ1) is 16.5. The Morgan fingerprint density at radius 1 is 1.09 bits per heavy atom. The number of rotatable bonds is 6. The molecule has 2 aromatic carbocycles. The Balaban J connectivity index is 1.33. The summed E-state index contributed by atoms with van der Waals surface area (Å²) in [4.78, 5) is 48.1. The number of hydrogen-bond acceptors (Lipinski definition) is 7. The number of halogens is 1. The summed E-state index contributed by atoms with van der Waals surface area (Å²) in [6.07, 6.45) is 2.73. The minimum absolute atomic E-state index is 0.0870. The Morgan fingerprint density at radius 2 is 1.85 bits per heavy atom. The first kappa shape index (κ1) is 21.4. The van der Waals surface area contributed by atoms with Gasteiger partial charge in [0, 0.05) is 6.54 Å². The zero-order valence-corrected chi connectivity index (χ0v) is 17.8. The summed E-state index contributed by atoms with van der Waals surface area (Å²) in [7, 11) is 0. The van der Waals surface area contributed by atoms with Crippen LogP contribution in [0.4, 0.5) is 9.18 Å². The van der Waals surface area contributed by atoms with E-state index in [1.54, 1.807) is 18.2 Å². The third kappa shape index (κ3) is 4.15. The van der Waals surface area contributed by atoms with Crippen LogP contribution in [0.15, 0.2) is 52.4 Å². The van der Waals surface area contributed by atoms with E-state index < -0.39 is 29.7 Å². The zero-order chi connectivity index (χ0) is 23.7. The molecule has 3 aliphatic heterocycles. The number of aliphatic imine (C=N–C) groups is 2. The molecule has 1 unspecified atom stereocenters. The lowest BCUT2D eigenvalue weighted by molar-refractivity contribution is -0.429. The highest BCUT2D eigenvalue weighted by Crippen LogP contribution is 2.32. The maximum atomic E-state index is 13.3. The molecule has 1 atom stereocenters. The number of nitrogens with zero attached hydrogens (tertiary/aromatic N) is 4. The minimum atomic E-state index is -1.04. The molecule has 34 heavy (non-hydrogen) atoms. The Kier molecular flexibility index (Phi) is 5.58. The van der Waals surface area contributed by atoms with Crippen LogP contribution in [0.25, 0.3) is 0 Å². The van der Waals surface area contributed by atoms with E-state index in [0.29, 0.717) is 17.1 Å². The second-order valence-electron chi connectivity index (χ2n) is 7.72. The molecule has 5 rings (SSSR count). The lowest BCUT2D eigenvalue weighted by atomic mass is 10.1. The molecular weight excluding hydrogens is 445 g/mol. The number of nitrogens with one attached hydrogen (secondary N) is 1. The number of benzene rings is 2. The second kappa shape index (κ2) is 8.85. The van der Waals surface area contributed by atoms with Gasteiger partial charge in [-0.3, -0.25) is 14.6 Å². The molecule has 3 heterocycles. The maximum absolute atomic E-state index is 13.3. The van der Waals surface area contributed by atoms with E-state index in [1.165, 1.54) is 36.7 Å². The van der Waals surface area contributed by atoms with Crippen LogP contribution in [0.2, 0.25) is 0 Å². The highest BCUT2D eigenvalue weighted by atomic mass is 19.1. The molecule has 3 aliphatic rings. The van der Waals surface area contributed by atoms with Crippen molar-refractivity contribution in [3.63, 3.8) is 0 Å². The van der Waals surface area contributed by atoms with E-state index >= 15 is 0 Å². The zero-order valence-electron chi connectivity index (χ0n) is 17.8. The van der Waals surface area contributed by atoms with Crippen LogP contribution in [-0.2, 0) is 22.7 Å². The van der Waals surface area contributed by atoms with Crippen molar-refractivity contribution in [3.05, 3.63) is 59.4 Å². The summed E-state index contributed by atoms with van der Waals surface area (Å²) in [6, 6.07) is 9.05. The lowest BCUT2D eigenvalue weighted by Gasteiger charge is -2.26. The fourth-order valence-corrected chi connectivity index (χ4v) is 3.77. The van der Waals surface area contributed by atoms with Crippen molar-refractivity contribution in [1.29, 1.82) is 0 Å². The molecule has 10 nitrogen and oxygen atoms in total. The Morgan fingerprint density at radius 3 is 2.68 bits per heavy atom. The van der Waals surface area contributed by atoms with Gasteiger partial charge in [0.15, 0.2) is 18.0 Å². The van der Waals surface area contributed by atoms with E-state index in [9.17, 15) is 18.8 Å². The number of hydrogen-bond donors (Lipinski definition) is 1. The highest BCUT2D eigenvalue weighted by molar-refractivity contribution is 6.26. The number of ether oxygens (including phenoxy) is 2. The number of imide groups is 1. The number of amides is 4. The number of urea groups is 1. The van der Waals surface area contributed by atoms with E-state index in [2.05, 4.69) is 15.3 Å². The smallest absolute Gasteiger partial charge is 0.446 e. The number of carbonyl (C=O) groups excluding carboxylic acids is 3. The van der Waals surface area contributed by atoms with Crippen LogP contribution in [-0.4, -0.2) is 65.0 Å². The number of amidine groups is 1. The molecule has 0 saturated heterocycles. The predicted octanol–water partition coefficient (Wildman–Crippen LogP) is 1.27. The third-order valence-corrected chi connectivity index (χ3v) is 5.47. The number of fused-ring (bicyclic) bond motifs is 2. The van der Waals surface area contributed by atoms with Crippen molar-refractivity contribution in [3.8, 4) is 11.5 Å². The highest BCUT2D eigenvalue weighted by Gasteiger charge is 2.48. The summed E-state index contributed by atoms with van der Waals surface area (Å²) < 4.78 is 25.0. The van der Waals surface area contributed by atoms with E-state index in [0.717, 1.165) is 15.0 Å². The molecule has 0 saturated carbocycles. The first-order valence-electron chi connectivity index (χ1n) is 10.4. The van der Waals surface area contributed by atoms with Gasteiger partial charge >= 0.3 is 11.9 Å². The van der Waals surface area contributed by atoms with Gasteiger partial charge in [0.25, 0.3) is 11.7 Å². The van der Waals surface area contributed by atoms with Crippen LogP contribution in [0.1, 0.15) is 11.1 Å². The molecule has 0 fully saturated rings. The van der Waals surface area contributed by atoms with E-state index in [4.69, 9.17) is 9.47 Å². The van der Waals surface area contributed by atoms with Gasteiger partial charge < -0.3 is 14.8 Å². The quantitative estimate of drug-likeness (QED) is 0.647. The molecule has 0 aliphatic carbocycles. The Hall–Kier alpha value is -4.41. The standard InChI is InChI=1S/C23H18FN5O5/c24-16-4-1-14(2-5-16)11-29-22(31)20-21(26-8-7-25-20)28(23(29)32)12-19(30)27-10-15-3-6-17-18(9-15)34-13-33-17/h1-9,20H,10-13H2/p+1. The fourth-order valence-electron chi connectivity index (χ4n) is 3.77. The van der Waals surface area contributed by atoms with Crippen molar-refractivity contribution >= 4 is 36.1 Å². The van der Waals surface area contributed by atoms with Gasteiger partial charge in [-0.05, 0) is 35.4 Å². The van der Waals surface area contributed by atoms with Gasteiger partial charge in [-0.2, -0.15) is 9.48 Å². The topological polar surface area (TPSA) is 113 Å². The molecular formula is C23H19FN5O5+. The Bertz CT molecular complexity index is 1270. The van der Waals surface area contributed by atoms with Crippen LogP contribution >= 0.6 is 0 Å². The molecule has 4 amide bonds. The van der Waals surface area contributed by atoms with Gasteiger partial charge in [0.05, 0.1) is 6.21 Å². The predicted molar refractivity (Wildman–Crippen MR) is 118 cm³/mol. The maximum Gasteiger partial charge on any atom is 0.446 e. The van der Waals surface area contributed by atoms with Crippen molar-refractivity contribution in [2.75, 3.05) is 13.3 Å². The molecule has 11 heteroatoms. The van der Waals surface area contributed by atoms with Gasteiger partial charge in [0.2, 0.25) is 12.8 Å². The SMILES string of the molecule is O=C(C[N+]1=C2N=CC=NC2C(=O)N(Cc2ccc(F)cc2)C1=O)NCc1ccc2c(c1)OCO2. The summed E-state index contributed by atoms with van der Waals surface area (Å²) in [5.74, 6) is -0.111. The van der Waals surface area contributed by atoms with Crippen molar-refractivity contribution in [2.45, 2.75) is 19.1 Å². The van der Waals surface area contributed by atoms with Gasteiger partial charge in [-0.15, -0.1) is 4.99 Å². The third-order valence-electron chi connectivity index (χ3n) is 5.47. The minimum Gasteiger partial charge on any atom is -0.454 e. The molecule has 0 bridgehead atoms. The van der Waals surface area contributed by atoms with Gasteiger partial charge in [0.1, 0.15) is 18.6 Å². The first-order valence-corrected chi connectivity index (χ1v) is 10.4. The van der Waals surface area contributed by atoms with Crippen LogP contribution in [0.5, 0.6) is 11.5 Å². The monoisotopic (exact) mass is 464 g/mol. The largest absolute Gasteiger partial charge is 0.454 e. The molecule has 0 aromatic heterocycles. The summed E-state index contributed by atoms with van der Waals surface area (Å²) in [5, 5.41) is 2.76.